The Labute approximate surface area is 241 Å². The van der Waals surface area contributed by atoms with Gasteiger partial charge in [0, 0.05) is 16.9 Å². The van der Waals surface area contributed by atoms with Crippen LogP contribution in [-0.4, -0.2) is 0 Å². The van der Waals surface area contributed by atoms with Crippen molar-refractivity contribution >= 4 is 27.8 Å². The molecular weight excluding hydrogens is 494 g/mol. The average molecular weight is 524 g/mol. The zero-order valence-electron chi connectivity index (χ0n) is 22.7. The molecule has 0 aliphatic heterocycles. The summed E-state index contributed by atoms with van der Waals surface area (Å²) in [7, 11) is 0. The Hall–Kier alpha value is -5.40. The lowest BCUT2D eigenvalue weighted by molar-refractivity contribution is 1.28. The Morgan fingerprint density at radius 1 is 0.317 bits per heavy atom. The predicted octanol–water partition coefficient (Wildman–Crippen LogP) is 11.3. The van der Waals surface area contributed by atoms with Crippen LogP contribution >= 0.6 is 0 Å². The first kappa shape index (κ1) is 24.6. The lowest BCUT2D eigenvalue weighted by atomic mass is 9.94. The minimum Gasteiger partial charge on any atom is -0.310 e. The van der Waals surface area contributed by atoms with Crippen molar-refractivity contribution in [1.29, 1.82) is 0 Å². The van der Waals surface area contributed by atoms with Crippen LogP contribution in [0.3, 0.4) is 0 Å². The number of rotatable bonds is 6. The van der Waals surface area contributed by atoms with Gasteiger partial charge >= 0.3 is 0 Å². The summed E-state index contributed by atoms with van der Waals surface area (Å²) in [5.74, 6) is 0. The Bertz CT molecular complexity index is 1930. The Kier molecular flexibility index (Phi) is 6.61. The largest absolute Gasteiger partial charge is 0.310 e. The van der Waals surface area contributed by atoms with E-state index in [4.69, 9.17) is 0 Å². The summed E-state index contributed by atoms with van der Waals surface area (Å²) in [6, 6.07) is 62.8. The topological polar surface area (TPSA) is 3.24 Å². The summed E-state index contributed by atoms with van der Waals surface area (Å²) in [5, 5.41) is 2.52. The summed E-state index contributed by atoms with van der Waals surface area (Å²) in [5.41, 5.74) is 10.6. The molecule has 41 heavy (non-hydrogen) atoms. The lowest BCUT2D eigenvalue weighted by Gasteiger charge is -2.28. The summed E-state index contributed by atoms with van der Waals surface area (Å²) >= 11 is 0. The molecule has 194 valence electrons. The van der Waals surface area contributed by atoms with Gasteiger partial charge in [0.1, 0.15) is 0 Å². The van der Waals surface area contributed by atoms with E-state index in [0.717, 1.165) is 17.1 Å². The first-order chi connectivity index (χ1) is 20.3. The van der Waals surface area contributed by atoms with Crippen LogP contribution in [0.15, 0.2) is 176 Å². The molecule has 0 saturated carbocycles. The zero-order chi connectivity index (χ0) is 27.4. The Balaban J connectivity index is 1.38. The van der Waals surface area contributed by atoms with E-state index in [1.165, 1.54) is 44.2 Å². The molecule has 0 spiro atoms. The second kappa shape index (κ2) is 11.0. The van der Waals surface area contributed by atoms with E-state index < -0.39 is 0 Å². The maximum Gasteiger partial charge on any atom is 0.0540 e. The van der Waals surface area contributed by atoms with Crippen molar-refractivity contribution in [3.63, 3.8) is 0 Å². The molecule has 0 N–H and O–H groups in total. The highest BCUT2D eigenvalue weighted by Gasteiger charge is 2.18. The molecule has 7 aromatic rings. The molecule has 1 nitrogen and oxygen atoms in total. The van der Waals surface area contributed by atoms with Crippen LogP contribution in [0.2, 0.25) is 0 Å². The van der Waals surface area contributed by atoms with Crippen LogP contribution in [0.5, 0.6) is 0 Å². The van der Waals surface area contributed by atoms with Crippen LogP contribution in [0.25, 0.3) is 44.2 Å². The molecule has 0 heterocycles. The monoisotopic (exact) mass is 523 g/mol. The fourth-order valence-electron chi connectivity index (χ4n) is 5.70. The molecule has 0 bridgehead atoms. The fourth-order valence-corrected chi connectivity index (χ4v) is 5.70. The number of hydrogen-bond acceptors (Lipinski definition) is 1. The van der Waals surface area contributed by atoms with Gasteiger partial charge in [0.2, 0.25) is 0 Å². The van der Waals surface area contributed by atoms with Crippen molar-refractivity contribution in [2.24, 2.45) is 0 Å². The van der Waals surface area contributed by atoms with E-state index in [2.05, 4.69) is 181 Å². The summed E-state index contributed by atoms with van der Waals surface area (Å²) < 4.78 is 0. The van der Waals surface area contributed by atoms with Gasteiger partial charge in [-0.25, -0.2) is 0 Å². The van der Waals surface area contributed by atoms with Gasteiger partial charge < -0.3 is 4.90 Å². The highest BCUT2D eigenvalue weighted by atomic mass is 15.1. The molecule has 0 aromatic heterocycles. The van der Waals surface area contributed by atoms with Gasteiger partial charge in [-0.2, -0.15) is 0 Å². The lowest BCUT2D eigenvalue weighted by Crippen LogP contribution is -2.11. The summed E-state index contributed by atoms with van der Waals surface area (Å²) in [6.07, 6.45) is 0. The van der Waals surface area contributed by atoms with Gasteiger partial charge in [0.15, 0.2) is 0 Å². The smallest absolute Gasteiger partial charge is 0.0540 e. The number of hydrogen-bond donors (Lipinski definition) is 0. The zero-order valence-corrected chi connectivity index (χ0v) is 22.7. The van der Waals surface area contributed by atoms with Crippen LogP contribution < -0.4 is 4.90 Å². The minimum atomic E-state index is 1.12. The highest BCUT2D eigenvalue weighted by molar-refractivity contribution is 5.98. The number of para-hydroxylation sites is 2. The Morgan fingerprint density at radius 2 is 0.854 bits per heavy atom. The molecule has 0 fully saturated rings. The first-order valence-electron chi connectivity index (χ1n) is 14.0. The highest BCUT2D eigenvalue weighted by Crippen LogP contribution is 2.42. The number of benzene rings is 7. The third-order valence-electron chi connectivity index (χ3n) is 7.65. The molecule has 0 saturated heterocycles. The van der Waals surface area contributed by atoms with E-state index in [1.807, 2.05) is 0 Å². The van der Waals surface area contributed by atoms with Crippen LogP contribution in [0, 0.1) is 0 Å². The maximum absolute atomic E-state index is 2.37. The van der Waals surface area contributed by atoms with Gasteiger partial charge in [-0.05, 0) is 75.0 Å². The van der Waals surface area contributed by atoms with Crippen molar-refractivity contribution < 1.29 is 0 Å². The standard InChI is InChI=1S/C40H29N/c1-3-14-30(15-4-1)32-18-12-23-36(29-32)41(35-21-5-2-6-22-35)40-27-10-9-25-39(40)34-20-11-19-33(28-34)38-26-13-17-31-16-7-8-24-37(31)38/h1-29H. The van der Waals surface area contributed by atoms with Gasteiger partial charge in [0.05, 0.1) is 5.69 Å². The van der Waals surface area contributed by atoms with E-state index in [9.17, 15) is 0 Å². The van der Waals surface area contributed by atoms with E-state index >= 15 is 0 Å². The first-order valence-corrected chi connectivity index (χ1v) is 14.0. The molecule has 0 radical (unpaired) electrons. The molecular formula is C40H29N. The second-order valence-electron chi connectivity index (χ2n) is 10.2. The number of fused-ring (bicyclic) bond motifs is 1. The van der Waals surface area contributed by atoms with Gasteiger partial charge in [0.25, 0.3) is 0 Å². The molecule has 0 amide bonds. The molecule has 0 aliphatic carbocycles. The van der Waals surface area contributed by atoms with E-state index in [1.54, 1.807) is 0 Å². The fraction of sp³-hybridized carbons (Fsp3) is 0. The molecule has 7 rings (SSSR count). The van der Waals surface area contributed by atoms with Gasteiger partial charge in [-0.15, -0.1) is 0 Å². The minimum absolute atomic E-state index is 1.12. The van der Waals surface area contributed by atoms with Crippen molar-refractivity contribution in [2.45, 2.75) is 0 Å². The van der Waals surface area contributed by atoms with Crippen molar-refractivity contribution in [3.05, 3.63) is 176 Å². The normalized spacial score (nSPS) is 10.9. The SMILES string of the molecule is c1ccc(-c2cccc(N(c3ccccc3)c3ccccc3-c3cccc(-c4cccc5ccccc45)c3)c2)cc1. The number of anilines is 3. The number of nitrogens with zero attached hydrogens (tertiary/aromatic N) is 1. The summed E-state index contributed by atoms with van der Waals surface area (Å²) in [4.78, 5) is 2.37. The molecule has 0 aliphatic rings. The van der Waals surface area contributed by atoms with Crippen molar-refractivity contribution in [2.75, 3.05) is 4.90 Å². The average Bonchev–Trinajstić information content (AvgIpc) is 3.06. The summed E-state index contributed by atoms with van der Waals surface area (Å²) in [6.45, 7) is 0. The third-order valence-corrected chi connectivity index (χ3v) is 7.65. The van der Waals surface area contributed by atoms with Crippen LogP contribution in [-0.2, 0) is 0 Å². The Morgan fingerprint density at radius 3 is 1.71 bits per heavy atom. The molecule has 0 unspecified atom stereocenters. The molecule has 1 heteroatoms. The van der Waals surface area contributed by atoms with Gasteiger partial charge in [-0.1, -0.05) is 140 Å². The third kappa shape index (κ3) is 4.90. The van der Waals surface area contributed by atoms with Crippen LogP contribution in [0.4, 0.5) is 17.1 Å². The quantitative estimate of drug-likeness (QED) is 0.209. The molecule has 7 aromatic carbocycles. The van der Waals surface area contributed by atoms with Crippen molar-refractivity contribution in [1.82, 2.24) is 0 Å². The predicted molar refractivity (Wildman–Crippen MR) is 175 cm³/mol. The van der Waals surface area contributed by atoms with Crippen LogP contribution in [0.1, 0.15) is 0 Å². The maximum atomic E-state index is 2.37. The molecule has 0 atom stereocenters. The van der Waals surface area contributed by atoms with Crippen molar-refractivity contribution in [3.8, 4) is 33.4 Å². The van der Waals surface area contributed by atoms with E-state index in [-0.39, 0.29) is 0 Å². The second-order valence-corrected chi connectivity index (χ2v) is 10.2. The van der Waals surface area contributed by atoms with E-state index in [0.29, 0.717) is 0 Å². The van der Waals surface area contributed by atoms with Gasteiger partial charge in [-0.3, -0.25) is 0 Å².